The number of ether oxygens (including phenoxy) is 3. The van der Waals surface area contributed by atoms with Crippen LogP contribution in [0.25, 0.3) is 0 Å². The number of halogens is 2. The van der Waals surface area contributed by atoms with Gasteiger partial charge in [-0.2, -0.15) is 0 Å². The second-order valence-corrected chi connectivity index (χ2v) is 8.75. The number of carbonyl (C=O) groups excluding carboxylic acids is 1. The smallest absolute Gasteiger partial charge is 0.492 e. The van der Waals surface area contributed by atoms with Crippen LogP contribution < -0.4 is 24.4 Å². The van der Waals surface area contributed by atoms with E-state index in [4.69, 9.17) is 4.74 Å². The number of fused-ring (bicyclic) bond motifs is 2. The fourth-order valence-corrected chi connectivity index (χ4v) is 4.41. The topological polar surface area (TPSA) is 110 Å². The van der Waals surface area contributed by atoms with Crippen LogP contribution in [-0.2, 0) is 15.0 Å². The zero-order chi connectivity index (χ0) is 23.5. The number of rotatable bonds is 4. The third kappa shape index (κ3) is 3.57. The van der Waals surface area contributed by atoms with Crippen molar-refractivity contribution >= 4 is 23.5 Å². The number of nitrogens with zero attached hydrogens (tertiary/aromatic N) is 2. The summed E-state index contributed by atoms with van der Waals surface area (Å²) < 4.78 is 41.4. The van der Waals surface area contributed by atoms with Gasteiger partial charge < -0.3 is 29.5 Å². The molecule has 1 aromatic heterocycles. The first-order valence-corrected chi connectivity index (χ1v) is 10.4. The Morgan fingerprint density at radius 3 is 2.61 bits per heavy atom. The SMILES string of the molecule is CC1CN(c2cccc(NC(=O)[C@@]3(C)COc4cc5c(cc43)OC(F)(F)O5)n2)CC1C(=O)O. The lowest BCUT2D eigenvalue weighted by Gasteiger charge is -2.22. The third-order valence-electron chi connectivity index (χ3n) is 6.34. The molecule has 0 radical (unpaired) electrons. The summed E-state index contributed by atoms with van der Waals surface area (Å²) in [4.78, 5) is 31.0. The molecule has 0 aliphatic carbocycles. The quantitative estimate of drug-likeness (QED) is 0.715. The third-order valence-corrected chi connectivity index (χ3v) is 6.34. The monoisotopic (exact) mass is 461 g/mol. The summed E-state index contributed by atoms with van der Waals surface area (Å²) in [6.07, 6.45) is -3.77. The van der Waals surface area contributed by atoms with Crippen molar-refractivity contribution in [2.45, 2.75) is 25.6 Å². The Bertz CT molecular complexity index is 1160. The van der Waals surface area contributed by atoms with Gasteiger partial charge in [0.1, 0.15) is 29.4 Å². The number of nitrogens with one attached hydrogen (secondary N) is 1. The molecule has 4 heterocycles. The van der Waals surface area contributed by atoms with Crippen molar-refractivity contribution in [3.05, 3.63) is 35.9 Å². The molecule has 9 nitrogen and oxygen atoms in total. The highest BCUT2D eigenvalue weighted by Gasteiger charge is 2.49. The first kappa shape index (κ1) is 21.2. The molecule has 11 heteroatoms. The van der Waals surface area contributed by atoms with Crippen molar-refractivity contribution < 1.29 is 37.7 Å². The normalized spacial score (nSPS) is 26.6. The molecule has 0 saturated carbocycles. The van der Waals surface area contributed by atoms with Gasteiger partial charge in [-0.15, -0.1) is 8.78 Å². The number of hydrogen-bond donors (Lipinski definition) is 2. The van der Waals surface area contributed by atoms with E-state index in [0.717, 1.165) is 0 Å². The number of benzene rings is 1. The molecule has 1 saturated heterocycles. The standard InChI is InChI=1S/C22H21F2N3O6/c1-11-8-27(9-12(11)19(28)29)18-5-3-4-17(25-18)26-20(30)21(2)10-31-14-7-16-15(6-13(14)21)32-22(23,24)33-16/h3-7,11-12H,8-10H2,1-2H3,(H,28,29)(H,25,26,30)/t11?,12?,21-/m0/s1. The van der Waals surface area contributed by atoms with Gasteiger partial charge in [-0.3, -0.25) is 9.59 Å². The molecule has 2 N–H and O–H groups in total. The molecule has 0 spiro atoms. The van der Waals surface area contributed by atoms with Gasteiger partial charge in [0.15, 0.2) is 11.5 Å². The number of aliphatic carboxylic acids is 1. The van der Waals surface area contributed by atoms with Crippen LogP contribution in [0.4, 0.5) is 20.4 Å². The minimum atomic E-state index is -3.77. The number of alkyl halides is 2. The van der Waals surface area contributed by atoms with Gasteiger partial charge in [0, 0.05) is 24.7 Å². The highest BCUT2D eigenvalue weighted by atomic mass is 19.3. The van der Waals surface area contributed by atoms with Gasteiger partial charge in [0.05, 0.1) is 5.92 Å². The first-order valence-electron chi connectivity index (χ1n) is 10.4. The summed E-state index contributed by atoms with van der Waals surface area (Å²) >= 11 is 0. The minimum Gasteiger partial charge on any atom is -0.492 e. The average molecular weight is 461 g/mol. The molecule has 33 heavy (non-hydrogen) atoms. The summed E-state index contributed by atoms with van der Waals surface area (Å²) in [6, 6.07) is 7.72. The number of carboxylic acids is 1. The number of aromatic nitrogens is 1. The molecule has 1 fully saturated rings. The molecule has 2 aromatic rings. The van der Waals surface area contributed by atoms with E-state index in [0.29, 0.717) is 24.5 Å². The van der Waals surface area contributed by atoms with E-state index in [-0.39, 0.29) is 35.6 Å². The van der Waals surface area contributed by atoms with Gasteiger partial charge in [0.2, 0.25) is 5.91 Å². The van der Waals surface area contributed by atoms with E-state index in [1.54, 1.807) is 25.1 Å². The zero-order valence-electron chi connectivity index (χ0n) is 17.8. The molecule has 174 valence electrons. The second-order valence-electron chi connectivity index (χ2n) is 8.75. The number of anilines is 2. The zero-order valence-corrected chi connectivity index (χ0v) is 17.8. The Kier molecular flexibility index (Phi) is 4.62. The van der Waals surface area contributed by atoms with E-state index >= 15 is 0 Å². The Labute approximate surface area is 187 Å². The Hall–Kier alpha value is -3.63. The maximum atomic E-state index is 13.4. The number of hydrogen-bond acceptors (Lipinski definition) is 7. The molecule has 3 aliphatic rings. The van der Waals surface area contributed by atoms with Crippen LogP contribution >= 0.6 is 0 Å². The molecule has 3 aliphatic heterocycles. The lowest BCUT2D eigenvalue weighted by atomic mass is 9.83. The van der Waals surface area contributed by atoms with Crippen molar-refractivity contribution in [3.63, 3.8) is 0 Å². The first-order chi connectivity index (χ1) is 15.6. The summed E-state index contributed by atoms with van der Waals surface area (Å²) in [6.45, 7) is 4.38. The van der Waals surface area contributed by atoms with Crippen molar-refractivity contribution in [1.29, 1.82) is 0 Å². The lowest BCUT2D eigenvalue weighted by Crippen LogP contribution is -2.39. The van der Waals surface area contributed by atoms with E-state index in [1.165, 1.54) is 12.1 Å². The number of amides is 1. The largest absolute Gasteiger partial charge is 0.586 e. The molecule has 0 bridgehead atoms. The van der Waals surface area contributed by atoms with Crippen LogP contribution in [-0.4, -0.2) is 48.0 Å². The van der Waals surface area contributed by atoms with Crippen molar-refractivity contribution in [3.8, 4) is 17.2 Å². The second kappa shape index (κ2) is 7.19. The van der Waals surface area contributed by atoms with Crippen molar-refractivity contribution in [2.24, 2.45) is 11.8 Å². The molecular formula is C22H21F2N3O6. The molecule has 2 unspecified atom stereocenters. The molecule has 1 aromatic carbocycles. The van der Waals surface area contributed by atoms with Gasteiger partial charge >= 0.3 is 12.3 Å². The van der Waals surface area contributed by atoms with E-state index in [9.17, 15) is 23.5 Å². The predicted octanol–water partition coefficient (Wildman–Crippen LogP) is 2.85. The highest BCUT2D eigenvalue weighted by molar-refractivity contribution is 5.99. The Morgan fingerprint density at radius 2 is 1.91 bits per heavy atom. The maximum absolute atomic E-state index is 13.4. The van der Waals surface area contributed by atoms with Crippen LogP contribution in [0.2, 0.25) is 0 Å². The molecular weight excluding hydrogens is 440 g/mol. The average Bonchev–Trinajstić information content (AvgIpc) is 3.39. The van der Waals surface area contributed by atoms with Gasteiger partial charge in [-0.05, 0) is 31.0 Å². The van der Waals surface area contributed by atoms with E-state index in [2.05, 4.69) is 19.8 Å². The number of carboxylic acid groups (broad SMARTS) is 1. The van der Waals surface area contributed by atoms with Crippen LogP contribution in [0.3, 0.4) is 0 Å². The van der Waals surface area contributed by atoms with Crippen LogP contribution in [0, 0.1) is 11.8 Å². The fraction of sp³-hybridized carbons (Fsp3) is 0.409. The van der Waals surface area contributed by atoms with Crippen LogP contribution in [0.1, 0.15) is 19.4 Å². The number of pyridine rings is 1. The minimum absolute atomic E-state index is 0.00290. The fourth-order valence-electron chi connectivity index (χ4n) is 4.41. The summed E-state index contributed by atoms with van der Waals surface area (Å²) in [7, 11) is 0. The molecule has 3 atom stereocenters. The van der Waals surface area contributed by atoms with Gasteiger partial charge in [0.25, 0.3) is 0 Å². The van der Waals surface area contributed by atoms with Gasteiger partial charge in [-0.1, -0.05) is 13.0 Å². The van der Waals surface area contributed by atoms with Crippen LogP contribution in [0.15, 0.2) is 30.3 Å². The lowest BCUT2D eigenvalue weighted by molar-refractivity contribution is -0.286. The van der Waals surface area contributed by atoms with E-state index in [1.807, 2.05) is 11.8 Å². The summed E-state index contributed by atoms with van der Waals surface area (Å²) in [5.74, 6) is -1.02. The molecule has 1 amide bonds. The Balaban J connectivity index is 1.36. The van der Waals surface area contributed by atoms with E-state index < -0.39 is 29.5 Å². The maximum Gasteiger partial charge on any atom is 0.586 e. The Morgan fingerprint density at radius 1 is 1.18 bits per heavy atom. The summed E-state index contributed by atoms with van der Waals surface area (Å²) in [5, 5.41) is 12.1. The molecule has 5 rings (SSSR count). The highest BCUT2D eigenvalue weighted by Crippen LogP contribution is 2.50. The summed E-state index contributed by atoms with van der Waals surface area (Å²) in [5.41, 5.74) is -0.784. The predicted molar refractivity (Wildman–Crippen MR) is 111 cm³/mol. The van der Waals surface area contributed by atoms with Crippen LogP contribution in [0.5, 0.6) is 17.2 Å². The van der Waals surface area contributed by atoms with Crippen molar-refractivity contribution in [2.75, 3.05) is 29.9 Å². The van der Waals surface area contributed by atoms with Crippen molar-refractivity contribution in [1.82, 2.24) is 4.98 Å². The van der Waals surface area contributed by atoms with Gasteiger partial charge in [-0.25, -0.2) is 4.98 Å². The number of carbonyl (C=O) groups is 2.